The van der Waals surface area contributed by atoms with E-state index in [2.05, 4.69) is 0 Å². The molecule has 1 aliphatic heterocycles. The molecule has 2 aromatic carbocycles. The third kappa shape index (κ3) is 8.86. The zero-order valence-corrected chi connectivity index (χ0v) is 36.2. The van der Waals surface area contributed by atoms with E-state index in [-0.39, 0.29) is 33.6 Å². The molecule has 0 amide bonds. The van der Waals surface area contributed by atoms with Gasteiger partial charge in [-0.25, -0.2) is 0 Å². The largest absolute Gasteiger partial charge is 0.460 e. The molecule has 2 unspecified atom stereocenters. The molecule has 3 rings (SSSR count). The SMILES string of the molecule is Cc1cc(C)c(N2C(CCC(F)(F)C(F)(F)C(F)(F)C(F)(F)C(F)(F)C(F)(F)F)C(CCC(F)(F)C(F)(F)C(F)(F)C(F)(F)C(F)(F)C(F)(F)F)N(c3c(C)cc(C)cc3C)C2C(C)C)c(C)c1. The van der Waals surface area contributed by atoms with Crippen molar-refractivity contribution in [3.05, 3.63) is 57.6 Å². The van der Waals surface area contributed by atoms with E-state index >= 15 is 35.1 Å². The minimum absolute atomic E-state index is 0.0538. The smallest absolute Gasteiger partial charge is 0.345 e. The van der Waals surface area contributed by atoms with Crippen LogP contribution in [0.2, 0.25) is 0 Å². The molecule has 0 spiro atoms. The van der Waals surface area contributed by atoms with Crippen molar-refractivity contribution in [1.29, 1.82) is 0 Å². The van der Waals surface area contributed by atoms with Gasteiger partial charge < -0.3 is 9.80 Å². The maximum Gasteiger partial charge on any atom is 0.460 e. The van der Waals surface area contributed by atoms with Crippen molar-refractivity contribution in [2.45, 2.75) is 171 Å². The van der Waals surface area contributed by atoms with Crippen LogP contribution >= 0.6 is 0 Å². The van der Waals surface area contributed by atoms with Gasteiger partial charge in [0.25, 0.3) is 0 Å². The molecule has 392 valence electrons. The van der Waals surface area contributed by atoms with Crippen LogP contribution in [0.25, 0.3) is 0 Å². The van der Waals surface area contributed by atoms with E-state index in [9.17, 15) is 79.0 Å². The van der Waals surface area contributed by atoms with E-state index in [1.165, 1.54) is 79.7 Å². The summed E-state index contributed by atoms with van der Waals surface area (Å²) in [5.74, 6) is -80.1. The predicted octanol–water partition coefficient (Wildman–Crippen LogP) is 15.6. The number of halogens is 26. The van der Waals surface area contributed by atoms with Crippen molar-refractivity contribution in [2.24, 2.45) is 5.92 Å². The zero-order valence-electron chi connectivity index (χ0n) is 36.2. The average molecular weight is 1040 g/mol. The quantitative estimate of drug-likeness (QED) is 0.146. The van der Waals surface area contributed by atoms with Gasteiger partial charge in [0.1, 0.15) is 6.17 Å². The molecule has 1 aliphatic rings. The van der Waals surface area contributed by atoms with Gasteiger partial charge in [-0.05, 0) is 82.6 Å². The molecule has 0 aliphatic carbocycles. The average Bonchev–Trinajstić information content (AvgIpc) is 3.43. The number of nitrogens with zero attached hydrogens (tertiary/aromatic N) is 2. The van der Waals surface area contributed by atoms with Gasteiger partial charge in [-0.2, -0.15) is 114 Å². The maximum atomic E-state index is 15.6. The molecule has 28 heteroatoms. The number of anilines is 2. The molecule has 68 heavy (non-hydrogen) atoms. The number of alkyl halides is 26. The summed E-state index contributed by atoms with van der Waals surface area (Å²) in [4.78, 5) is 1.81. The van der Waals surface area contributed by atoms with E-state index in [4.69, 9.17) is 0 Å². The Morgan fingerprint density at radius 1 is 0.368 bits per heavy atom. The minimum atomic E-state index is -8.34. The van der Waals surface area contributed by atoms with Crippen LogP contribution in [0.3, 0.4) is 0 Å². The molecule has 2 atom stereocenters. The Morgan fingerprint density at radius 3 is 0.794 bits per heavy atom. The molecule has 0 saturated carbocycles. The van der Waals surface area contributed by atoms with Crippen LogP contribution in [0.4, 0.5) is 126 Å². The molecule has 2 nitrogen and oxygen atoms in total. The van der Waals surface area contributed by atoms with Crippen molar-refractivity contribution in [3.63, 3.8) is 0 Å². The first kappa shape index (κ1) is 58.5. The lowest BCUT2D eigenvalue weighted by Crippen LogP contribution is -2.70. The standard InChI is InChI=1S/C40H40F26N2/c1-17(2)28-67(26-20(5)13-18(3)14-21(26)6)24(9-11-29(41,42)31(45,46)33(49,50)35(53,54)37(57,58)39(61,62)63)25(68(28)27-22(7)15-19(4)16-23(27)8)10-12-30(43,44)32(47,48)34(51,52)36(55,56)38(59,60)40(64,65)66/h13-17,24-25,28H,9-12H2,1-8H3. The second kappa shape index (κ2) is 17.5. The molecule has 0 radical (unpaired) electrons. The van der Waals surface area contributed by atoms with Crippen LogP contribution in [0.15, 0.2) is 24.3 Å². The minimum Gasteiger partial charge on any atom is -0.345 e. The molecule has 0 bridgehead atoms. The lowest BCUT2D eigenvalue weighted by atomic mass is 9.87. The predicted molar refractivity (Wildman–Crippen MR) is 193 cm³/mol. The molecule has 2 aromatic rings. The van der Waals surface area contributed by atoms with Crippen LogP contribution in [0, 0.1) is 47.5 Å². The fourth-order valence-electron chi connectivity index (χ4n) is 8.53. The number of aryl methyl sites for hydroxylation is 6. The fraction of sp³-hybridized carbons (Fsp3) is 0.700. The lowest BCUT2D eigenvalue weighted by Gasteiger charge is -2.41. The first-order valence-corrected chi connectivity index (χ1v) is 19.5. The number of rotatable bonds is 17. The number of hydrogen-bond acceptors (Lipinski definition) is 2. The highest BCUT2D eigenvalue weighted by molar-refractivity contribution is 5.70. The van der Waals surface area contributed by atoms with Crippen molar-refractivity contribution in [3.8, 4) is 0 Å². The van der Waals surface area contributed by atoms with Gasteiger partial charge in [-0.3, -0.25) is 0 Å². The highest BCUT2D eigenvalue weighted by Crippen LogP contribution is 2.63. The molecular weight excluding hydrogens is 1000 g/mol. The van der Waals surface area contributed by atoms with Gasteiger partial charge in [0.2, 0.25) is 0 Å². The van der Waals surface area contributed by atoms with Crippen molar-refractivity contribution in [1.82, 2.24) is 0 Å². The fourth-order valence-corrected chi connectivity index (χ4v) is 8.53. The zero-order chi connectivity index (χ0) is 53.7. The topological polar surface area (TPSA) is 6.48 Å². The highest BCUT2D eigenvalue weighted by Gasteiger charge is 2.92. The Bertz CT molecular complexity index is 1940. The van der Waals surface area contributed by atoms with Crippen molar-refractivity contribution in [2.75, 3.05) is 9.80 Å². The summed E-state index contributed by atoms with van der Waals surface area (Å²) in [7, 11) is 0. The Kier molecular flexibility index (Phi) is 15.1. The van der Waals surface area contributed by atoms with Crippen LogP contribution in [-0.4, -0.2) is 89.8 Å². The molecular formula is C40H40F26N2. The third-order valence-corrected chi connectivity index (χ3v) is 11.6. The number of hydrogen-bond donors (Lipinski definition) is 0. The number of benzene rings is 2. The van der Waals surface area contributed by atoms with E-state index in [1.807, 2.05) is 0 Å². The summed E-state index contributed by atoms with van der Waals surface area (Å²) < 4.78 is 370. The Labute approximate surface area is 370 Å². The Morgan fingerprint density at radius 2 is 0.588 bits per heavy atom. The van der Waals surface area contributed by atoms with E-state index < -0.39 is 121 Å². The summed E-state index contributed by atoms with van der Waals surface area (Å²) >= 11 is 0. The van der Waals surface area contributed by atoms with Gasteiger partial charge in [-0.15, -0.1) is 0 Å². The molecule has 0 aromatic heterocycles. The van der Waals surface area contributed by atoms with Crippen LogP contribution in [0.1, 0.15) is 72.9 Å². The second-order valence-corrected chi connectivity index (χ2v) is 17.2. The summed E-state index contributed by atoms with van der Waals surface area (Å²) in [5, 5.41) is 0. The lowest BCUT2D eigenvalue weighted by molar-refractivity contribution is -0.440. The normalized spacial score (nSPS) is 19.5. The Hall–Kier alpha value is -3.78. The second-order valence-electron chi connectivity index (χ2n) is 17.2. The van der Waals surface area contributed by atoms with Crippen LogP contribution in [-0.2, 0) is 0 Å². The van der Waals surface area contributed by atoms with E-state index in [0.29, 0.717) is 11.1 Å². The van der Waals surface area contributed by atoms with E-state index in [1.54, 1.807) is 0 Å². The summed E-state index contributed by atoms with van der Waals surface area (Å²) in [6.07, 6.45) is -27.2. The van der Waals surface area contributed by atoms with Gasteiger partial charge in [0.05, 0.1) is 12.1 Å². The Balaban J connectivity index is 2.44. The van der Waals surface area contributed by atoms with E-state index in [0.717, 1.165) is 9.80 Å². The van der Waals surface area contributed by atoms with Gasteiger partial charge >= 0.3 is 71.6 Å². The molecule has 1 fully saturated rings. The van der Waals surface area contributed by atoms with Crippen molar-refractivity contribution >= 4 is 11.4 Å². The summed E-state index contributed by atoms with van der Waals surface area (Å²) in [5.41, 5.74) is 0.611. The first-order chi connectivity index (χ1) is 29.9. The molecule has 1 heterocycles. The van der Waals surface area contributed by atoms with Gasteiger partial charge in [-0.1, -0.05) is 49.2 Å². The van der Waals surface area contributed by atoms with Crippen molar-refractivity contribution < 1.29 is 114 Å². The van der Waals surface area contributed by atoms with Crippen LogP contribution in [0.5, 0.6) is 0 Å². The monoisotopic (exact) mass is 1040 g/mol. The van der Waals surface area contributed by atoms with Crippen LogP contribution < -0.4 is 9.80 Å². The van der Waals surface area contributed by atoms with Gasteiger partial charge in [0.15, 0.2) is 0 Å². The molecule has 0 N–H and O–H groups in total. The summed E-state index contributed by atoms with van der Waals surface area (Å²) in [6, 6.07) is 0.452. The first-order valence-electron chi connectivity index (χ1n) is 19.5. The highest BCUT2D eigenvalue weighted by atomic mass is 19.4. The summed E-state index contributed by atoms with van der Waals surface area (Å²) in [6.45, 7) is 10.6. The molecule has 1 saturated heterocycles. The maximum absolute atomic E-state index is 15.6. The van der Waals surface area contributed by atoms with Gasteiger partial charge in [0, 0.05) is 24.2 Å². The third-order valence-electron chi connectivity index (χ3n) is 11.6.